The molecular weight excluding hydrogens is 257 g/mol. The molecule has 1 fully saturated rings. The zero-order valence-corrected chi connectivity index (χ0v) is 11.4. The summed E-state index contributed by atoms with van der Waals surface area (Å²) >= 11 is 12.0. The second-order valence-corrected chi connectivity index (χ2v) is 5.40. The van der Waals surface area contributed by atoms with Crippen LogP contribution >= 0.6 is 23.2 Å². The average Bonchev–Trinajstić information content (AvgIpc) is 2.30. The first-order chi connectivity index (χ1) is 8.16. The van der Waals surface area contributed by atoms with Crippen LogP contribution in [0, 0.1) is 5.92 Å². The van der Waals surface area contributed by atoms with Gasteiger partial charge in [0.1, 0.15) is 0 Å². The van der Waals surface area contributed by atoms with E-state index in [1.807, 2.05) is 12.1 Å². The summed E-state index contributed by atoms with van der Waals surface area (Å²) in [6, 6.07) is 5.52. The van der Waals surface area contributed by atoms with Crippen LogP contribution in [0.4, 0.5) is 0 Å². The van der Waals surface area contributed by atoms with Crippen molar-refractivity contribution in [3.8, 4) is 0 Å². The normalized spacial score (nSPS) is 24.9. The smallest absolute Gasteiger partial charge is 0.0735 e. The maximum Gasteiger partial charge on any atom is 0.0735 e. The molecule has 17 heavy (non-hydrogen) atoms. The summed E-state index contributed by atoms with van der Waals surface area (Å²) in [4.78, 5) is 0. The molecule has 2 atom stereocenters. The monoisotopic (exact) mass is 273 g/mol. The van der Waals surface area contributed by atoms with Crippen molar-refractivity contribution < 1.29 is 4.74 Å². The van der Waals surface area contributed by atoms with Crippen LogP contribution in [0.3, 0.4) is 0 Å². The van der Waals surface area contributed by atoms with Crippen LogP contribution in [0.5, 0.6) is 0 Å². The summed E-state index contributed by atoms with van der Waals surface area (Å²) < 4.78 is 5.91. The lowest BCUT2D eigenvalue weighted by Gasteiger charge is -2.29. The van der Waals surface area contributed by atoms with E-state index in [0.29, 0.717) is 22.6 Å². The van der Waals surface area contributed by atoms with Crippen LogP contribution in [0.1, 0.15) is 18.9 Å². The third kappa shape index (κ3) is 3.59. The maximum atomic E-state index is 6.10. The lowest BCUT2D eigenvalue weighted by atomic mass is 9.97. The van der Waals surface area contributed by atoms with Crippen LogP contribution in [-0.4, -0.2) is 19.2 Å². The molecule has 0 aliphatic carbocycles. The van der Waals surface area contributed by atoms with Gasteiger partial charge in [-0.25, -0.2) is 0 Å². The van der Waals surface area contributed by atoms with Gasteiger partial charge in [-0.1, -0.05) is 36.2 Å². The quantitative estimate of drug-likeness (QED) is 0.910. The van der Waals surface area contributed by atoms with Crippen LogP contribution in [0.25, 0.3) is 0 Å². The minimum atomic E-state index is 0.274. The Balaban J connectivity index is 1.92. The average molecular weight is 274 g/mol. The van der Waals surface area contributed by atoms with Crippen LogP contribution in [0.2, 0.25) is 10.0 Å². The number of benzene rings is 1. The molecule has 1 N–H and O–H groups in total. The Labute approximate surface area is 112 Å². The number of hydrogen-bond acceptors (Lipinski definition) is 2. The third-order valence-corrected chi connectivity index (χ3v) is 3.81. The summed E-state index contributed by atoms with van der Waals surface area (Å²) in [5.41, 5.74) is 0.994. The summed E-state index contributed by atoms with van der Waals surface area (Å²) in [6.45, 7) is 4.79. The van der Waals surface area contributed by atoms with Crippen molar-refractivity contribution in [2.75, 3.05) is 13.1 Å². The standard InChI is InChI=1S/C13H17Cl2NO/c1-9-4-5-16-7-13(9)17-8-10-2-3-11(14)6-12(10)15/h2-3,6,9,13,16H,4-5,7-8H2,1H3. The second kappa shape index (κ2) is 6.05. The van der Waals surface area contributed by atoms with Crippen molar-refractivity contribution in [1.82, 2.24) is 5.32 Å². The van der Waals surface area contributed by atoms with Gasteiger partial charge in [-0.2, -0.15) is 0 Å². The summed E-state index contributed by atoms with van der Waals surface area (Å²) in [5.74, 6) is 0.599. The molecule has 0 radical (unpaired) electrons. The van der Waals surface area contributed by atoms with Crippen molar-refractivity contribution in [1.29, 1.82) is 0 Å². The lowest BCUT2D eigenvalue weighted by molar-refractivity contribution is -0.00654. The molecule has 0 bridgehead atoms. The highest BCUT2D eigenvalue weighted by Gasteiger charge is 2.21. The fourth-order valence-corrected chi connectivity index (χ4v) is 2.48. The Bertz CT molecular complexity index is 384. The van der Waals surface area contributed by atoms with Crippen LogP contribution in [0.15, 0.2) is 18.2 Å². The Morgan fingerprint density at radius 1 is 1.41 bits per heavy atom. The highest BCUT2D eigenvalue weighted by molar-refractivity contribution is 6.35. The van der Waals surface area contributed by atoms with Crippen molar-refractivity contribution >= 4 is 23.2 Å². The number of halogens is 2. The predicted octanol–water partition coefficient (Wildman–Crippen LogP) is 3.51. The zero-order valence-electron chi connectivity index (χ0n) is 9.88. The SMILES string of the molecule is CC1CCNCC1OCc1ccc(Cl)cc1Cl. The minimum absolute atomic E-state index is 0.274. The van der Waals surface area contributed by atoms with Crippen LogP contribution in [-0.2, 0) is 11.3 Å². The van der Waals surface area contributed by atoms with Gasteiger partial charge in [-0.05, 0) is 36.6 Å². The molecule has 0 amide bonds. The first-order valence-electron chi connectivity index (χ1n) is 5.93. The molecule has 2 rings (SSSR count). The van der Waals surface area contributed by atoms with E-state index in [1.54, 1.807) is 6.07 Å². The summed E-state index contributed by atoms with van der Waals surface area (Å²) in [5, 5.41) is 4.68. The van der Waals surface area contributed by atoms with E-state index in [1.165, 1.54) is 6.42 Å². The van der Waals surface area contributed by atoms with Crippen molar-refractivity contribution in [3.63, 3.8) is 0 Å². The van der Waals surface area contributed by atoms with Gasteiger partial charge in [0.15, 0.2) is 0 Å². The molecular formula is C13H17Cl2NO. The van der Waals surface area contributed by atoms with Crippen LogP contribution < -0.4 is 5.32 Å². The van der Waals surface area contributed by atoms with Gasteiger partial charge in [0.25, 0.3) is 0 Å². The summed E-state index contributed by atoms with van der Waals surface area (Å²) in [6.07, 6.45) is 1.44. The molecule has 4 heteroatoms. The Morgan fingerprint density at radius 2 is 2.24 bits per heavy atom. The fourth-order valence-electron chi connectivity index (χ4n) is 2.02. The van der Waals surface area contributed by atoms with Gasteiger partial charge in [0.2, 0.25) is 0 Å². The second-order valence-electron chi connectivity index (χ2n) is 4.56. The molecule has 1 aliphatic rings. The molecule has 1 aliphatic heterocycles. The number of rotatable bonds is 3. The van der Waals surface area contributed by atoms with Gasteiger partial charge in [-0.15, -0.1) is 0 Å². The third-order valence-electron chi connectivity index (χ3n) is 3.22. The van der Waals surface area contributed by atoms with E-state index in [2.05, 4.69) is 12.2 Å². The largest absolute Gasteiger partial charge is 0.372 e. The molecule has 1 heterocycles. The maximum absolute atomic E-state index is 6.10. The van der Waals surface area contributed by atoms with Gasteiger partial charge < -0.3 is 10.1 Å². The molecule has 1 saturated heterocycles. The van der Waals surface area contributed by atoms with Gasteiger partial charge in [0.05, 0.1) is 12.7 Å². The molecule has 0 aromatic heterocycles. The first kappa shape index (κ1) is 13.2. The lowest BCUT2D eigenvalue weighted by Crippen LogP contribution is -2.40. The van der Waals surface area contributed by atoms with E-state index in [-0.39, 0.29) is 6.10 Å². The van der Waals surface area contributed by atoms with Crippen molar-refractivity contribution in [3.05, 3.63) is 33.8 Å². The van der Waals surface area contributed by atoms with Gasteiger partial charge >= 0.3 is 0 Å². The van der Waals surface area contributed by atoms with E-state index < -0.39 is 0 Å². The topological polar surface area (TPSA) is 21.3 Å². The number of nitrogens with one attached hydrogen (secondary N) is 1. The van der Waals surface area contributed by atoms with Gasteiger partial charge in [0, 0.05) is 16.6 Å². The van der Waals surface area contributed by atoms with Crippen molar-refractivity contribution in [2.45, 2.75) is 26.1 Å². The van der Waals surface area contributed by atoms with Crippen molar-refractivity contribution in [2.24, 2.45) is 5.92 Å². The highest BCUT2D eigenvalue weighted by atomic mass is 35.5. The summed E-state index contributed by atoms with van der Waals surface area (Å²) in [7, 11) is 0. The molecule has 2 nitrogen and oxygen atoms in total. The molecule has 1 aromatic carbocycles. The Hall–Kier alpha value is -0.280. The Kier molecular flexibility index (Phi) is 4.69. The fraction of sp³-hybridized carbons (Fsp3) is 0.538. The van der Waals surface area contributed by atoms with E-state index >= 15 is 0 Å². The molecule has 2 unspecified atom stereocenters. The number of piperidine rings is 1. The van der Waals surface area contributed by atoms with E-state index in [0.717, 1.165) is 18.7 Å². The Morgan fingerprint density at radius 3 is 2.94 bits per heavy atom. The van der Waals surface area contributed by atoms with E-state index in [4.69, 9.17) is 27.9 Å². The number of hydrogen-bond donors (Lipinski definition) is 1. The zero-order chi connectivity index (χ0) is 12.3. The van der Waals surface area contributed by atoms with E-state index in [9.17, 15) is 0 Å². The number of ether oxygens (including phenoxy) is 1. The predicted molar refractivity (Wildman–Crippen MR) is 71.7 cm³/mol. The van der Waals surface area contributed by atoms with Gasteiger partial charge in [-0.3, -0.25) is 0 Å². The minimum Gasteiger partial charge on any atom is -0.372 e. The first-order valence-corrected chi connectivity index (χ1v) is 6.68. The highest BCUT2D eigenvalue weighted by Crippen LogP contribution is 2.23. The molecule has 94 valence electrons. The molecule has 0 spiro atoms. The molecule has 0 saturated carbocycles. The molecule has 1 aromatic rings.